The standard InChI is InChI=1S/C17H13Cl2F6N3OS/c18-10-3-9(4-11(19)5-10)15(17(23,24)25)1-2-28(7-15)14-27-13(16(20,21)22)12(30-14)6-26-8-29/h3-5,8H,1-2,6-7H2,(H,26,29). The van der Waals surface area contributed by atoms with Crippen LogP contribution in [0.3, 0.4) is 0 Å². The smallest absolute Gasteiger partial charge is 0.354 e. The summed E-state index contributed by atoms with van der Waals surface area (Å²) in [5.41, 5.74) is -3.76. The van der Waals surface area contributed by atoms with Crippen molar-refractivity contribution in [2.45, 2.75) is 30.7 Å². The zero-order valence-electron chi connectivity index (χ0n) is 14.9. The third-order valence-electron chi connectivity index (χ3n) is 4.80. The maximum atomic E-state index is 14.1. The highest BCUT2D eigenvalue weighted by Crippen LogP contribution is 2.50. The summed E-state index contributed by atoms with van der Waals surface area (Å²) >= 11 is 12.4. The highest BCUT2D eigenvalue weighted by atomic mass is 35.5. The van der Waals surface area contributed by atoms with E-state index in [1.165, 1.54) is 6.07 Å². The van der Waals surface area contributed by atoms with E-state index in [9.17, 15) is 31.1 Å². The van der Waals surface area contributed by atoms with Crippen LogP contribution in [-0.4, -0.2) is 30.7 Å². The number of halogens is 8. The molecule has 1 aromatic carbocycles. The number of rotatable bonds is 5. The van der Waals surface area contributed by atoms with Crippen LogP contribution in [0.5, 0.6) is 0 Å². The van der Waals surface area contributed by atoms with E-state index in [1.54, 1.807) is 0 Å². The SMILES string of the molecule is O=CNCc1sc(N2CCC(c3cc(Cl)cc(Cl)c3)(C(F)(F)F)C2)nc1C(F)(F)F. The molecular weight excluding hydrogens is 479 g/mol. The van der Waals surface area contributed by atoms with Gasteiger partial charge in [-0.3, -0.25) is 4.79 Å². The number of anilines is 1. The average molecular weight is 492 g/mol. The Hall–Kier alpha value is -1.72. The molecule has 1 aliphatic heterocycles. The lowest BCUT2D eigenvalue weighted by molar-refractivity contribution is -0.184. The molecule has 0 aliphatic carbocycles. The highest BCUT2D eigenvalue weighted by Gasteiger charge is 2.59. The summed E-state index contributed by atoms with van der Waals surface area (Å²) in [4.78, 5) is 14.8. The third-order valence-corrected chi connectivity index (χ3v) is 6.35. The molecule has 1 aromatic heterocycles. The number of nitrogens with zero attached hydrogens (tertiary/aromatic N) is 2. The predicted octanol–water partition coefficient (Wildman–Crippen LogP) is 5.43. The van der Waals surface area contributed by atoms with Crippen LogP contribution < -0.4 is 10.2 Å². The Morgan fingerprint density at radius 2 is 1.80 bits per heavy atom. The summed E-state index contributed by atoms with van der Waals surface area (Å²) in [6, 6.07) is 3.62. The summed E-state index contributed by atoms with van der Waals surface area (Å²) in [5, 5.41) is 1.96. The summed E-state index contributed by atoms with van der Waals surface area (Å²) in [6.07, 6.45) is -9.69. The lowest BCUT2D eigenvalue weighted by Gasteiger charge is -2.32. The molecule has 1 N–H and O–H groups in total. The summed E-state index contributed by atoms with van der Waals surface area (Å²) in [5.74, 6) is 0. The number of aromatic nitrogens is 1. The van der Waals surface area contributed by atoms with E-state index in [-0.39, 0.29) is 38.6 Å². The van der Waals surface area contributed by atoms with Crippen molar-refractivity contribution in [2.24, 2.45) is 0 Å². The van der Waals surface area contributed by atoms with Crippen molar-refractivity contribution >= 4 is 46.1 Å². The second kappa shape index (κ2) is 8.08. The quantitative estimate of drug-likeness (QED) is 0.448. The van der Waals surface area contributed by atoms with Crippen LogP contribution in [0.4, 0.5) is 31.5 Å². The Balaban J connectivity index is 2.00. The van der Waals surface area contributed by atoms with Gasteiger partial charge < -0.3 is 10.2 Å². The molecule has 0 saturated carbocycles. The Labute approximate surface area is 180 Å². The number of alkyl halides is 6. The Morgan fingerprint density at radius 1 is 1.17 bits per heavy atom. The van der Waals surface area contributed by atoms with Gasteiger partial charge in [-0.15, -0.1) is 0 Å². The number of amides is 1. The maximum Gasteiger partial charge on any atom is 0.434 e. The van der Waals surface area contributed by atoms with Crippen molar-refractivity contribution in [3.8, 4) is 0 Å². The molecule has 1 unspecified atom stereocenters. The van der Waals surface area contributed by atoms with Crippen molar-refractivity contribution in [3.05, 3.63) is 44.4 Å². The third kappa shape index (κ3) is 4.33. The van der Waals surface area contributed by atoms with E-state index in [2.05, 4.69) is 10.3 Å². The van der Waals surface area contributed by atoms with Crippen molar-refractivity contribution in [3.63, 3.8) is 0 Å². The molecule has 2 aromatic rings. The molecule has 1 amide bonds. The molecule has 4 nitrogen and oxygen atoms in total. The van der Waals surface area contributed by atoms with Gasteiger partial charge in [0.05, 0.1) is 11.4 Å². The highest BCUT2D eigenvalue weighted by molar-refractivity contribution is 7.15. The van der Waals surface area contributed by atoms with Crippen LogP contribution in [0.25, 0.3) is 0 Å². The first-order valence-electron chi connectivity index (χ1n) is 8.39. The Morgan fingerprint density at radius 3 is 2.33 bits per heavy atom. The van der Waals surface area contributed by atoms with Crippen LogP contribution in [0.1, 0.15) is 22.6 Å². The van der Waals surface area contributed by atoms with Gasteiger partial charge in [0, 0.05) is 23.1 Å². The van der Waals surface area contributed by atoms with Gasteiger partial charge in [0.25, 0.3) is 0 Å². The van der Waals surface area contributed by atoms with Crippen molar-refractivity contribution in [2.75, 3.05) is 18.0 Å². The van der Waals surface area contributed by atoms with Crippen LogP contribution in [0.2, 0.25) is 10.0 Å². The maximum absolute atomic E-state index is 14.1. The van der Waals surface area contributed by atoms with E-state index >= 15 is 0 Å². The average Bonchev–Trinajstić information content (AvgIpc) is 3.23. The molecule has 164 valence electrons. The minimum atomic E-state index is -4.81. The van der Waals surface area contributed by atoms with Gasteiger partial charge in [-0.25, -0.2) is 4.98 Å². The van der Waals surface area contributed by atoms with Gasteiger partial charge in [0.15, 0.2) is 10.8 Å². The van der Waals surface area contributed by atoms with Crippen LogP contribution in [0.15, 0.2) is 18.2 Å². The fourth-order valence-electron chi connectivity index (χ4n) is 3.38. The van der Waals surface area contributed by atoms with Crippen molar-refractivity contribution in [1.82, 2.24) is 10.3 Å². The lowest BCUT2D eigenvalue weighted by atomic mass is 9.79. The van der Waals surface area contributed by atoms with Gasteiger partial charge in [0.2, 0.25) is 6.41 Å². The molecule has 30 heavy (non-hydrogen) atoms. The van der Waals surface area contributed by atoms with E-state index in [0.717, 1.165) is 17.0 Å². The monoisotopic (exact) mass is 491 g/mol. The first-order valence-corrected chi connectivity index (χ1v) is 9.97. The summed E-state index contributed by atoms with van der Waals surface area (Å²) < 4.78 is 82.2. The Kier molecular flexibility index (Phi) is 6.18. The molecule has 0 radical (unpaired) electrons. The number of carbonyl (C=O) groups excluding carboxylic acids is 1. The van der Waals surface area contributed by atoms with E-state index in [0.29, 0.717) is 11.3 Å². The summed E-state index contributed by atoms with van der Waals surface area (Å²) in [6.45, 7) is -1.24. The summed E-state index contributed by atoms with van der Waals surface area (Å²) in [7, 11) is 0. The van der Waals surface area contributed by atoms with Gasteiger partial charge in [-0.1, -0.05) is 34.5 Å². The van der Waals surface area contributed by atoms with Crippen LogP contribution in [0, 0.1) is 0 Å². The number of benzene rings is 1. The fraction of sp³-hybridized carbons (Fsp3) is 0.412. The molecule has 2 heterocycles. The largest absolute Gasteiger partial charge is 0.434 e. The van der Waals surface area contributed by atoms with Crippen LogP contribution >= 0.6 is 34.5 Å². The number of carbonyl (C=O) groups is 1. The van der Waals surface area contributed by atoms with Gasteiger partial charge in [0.1, 0.15) is 5.41 Å². The minimum Gasteiger partial charge on any atom is -0.354 e. The zero-order valence-corrected chi connectivity index (χ0v) is 17.2. The van der Waals surface area contributed by atoms with Crippen molar-refractivity contribution in [1.29, 1.82) is 0 Å². The van der Waals surface area contributed by atoms with Crippen LogP contribution in [-0.2, 0) is 22.9 Å². The first kappa shape index (κ1) is 23.0. The topological polar surface area (TPSA) is 45.2 Å². The number of nitrogens with one attached hydrogen (secondary N) is 1. The second-order valence-corrected chi connectivity index (χ2v) is 8.61. The normalized spacial score (nSPS) is 19.9. The molecule has 0 spiro atoms. The molecular formula is C17H13Cl2F6N3OS. The fourth-order valence-corrected chi connectivity index (χ4v) is 4.97. The molecule has 0 bridgehead atoms. The molecule has 13 heteroatoms. The number of hydrogen-bond donors (Lipinski definition) is 1. The molecule has 3 rings (SSSR count). The zero-order chi connectivity index (χ0) is 22.3. The predicted molar refractivity (Wildman–Crippen MR) is 101 cm³/mol. The Bertz CT molecular complexity index is 928. The number of hydrogen-bond acceptors (Lipinski definition) is 4. The minimum absolute atomic E-state index is 0.0235. The van der Waals surface area contributed by atoms with E-state index in [4.69, 9.17) is 23.2 Å². The molecule has 1 aliphatic rings. The lowest BCUT2D eigenvalue weighted by Crippen LogP contribution is -2.44. The first-order chi connectivity index (χ1) is 13.9. The van der Waals surface area contributed by atoms with Crippen molar-refractivity contribution < 1.29 is 31.1 Å². The van der Waals surface area contributed by atoms with Gasteiger partial charge >= 0.3 is 12.4 Å². The van der Waals surface area contributed by atoms with E-state index in [1.807, 2.05) is 0 Å². The van der Waals surface area contributed by atoms with E-state index < -0.39 is 43.0 Å². The van der Waals surface area contributed by atoms with Gasteiger partial charge in [-0.2, -0.15) is 26.3 Å². The molecule has 1 fully saturated rings. The molecule has 1 saturated heterocycles. The number of thiazole rings is 1. The van der Waals surface area contributed by atoms with Gasteiger partial charge in [-0.05, 0) is 30.2 Å². The second-order valence-electron chi connectivity index (χ2n) is 6.67. The molecule has 1 atom stereocenters.